The molecule has 1 aliphatic heterocycles. The third-order valence-corrected chi connectivity index (χ3v) is 3.32. The smallest absolute Gasteiger partial charge is 0.146 e. The molecule has 2 aromatic rings. The van der Waals surface area contributed by atoms with E-state index in [9.17, 15) is 5.11 Å². The van der Waals surface area contributed by atoms with Crippen molar-refractivity contribution in [3.05, 3.63) is 12.3 Å². The second-order valence-corrected chi connectivity index (χ2v) is 4.62. The Morgan fingerprint density at radius 1 is 1.50 bits per heavy atom. The van der Waals surface area contributed by atoms with E-state index in [-0.39, 0.29) is 11.8 Å². The van der Waals surface area contributed by atoms with E-state index in [4.69, 9.17) is 4.74 Å². The highest BCUT2D eigenvalue weighted by molar-refractivity contribution is 5.83. The lowest BCUT2D eigenvalue weighted by Crippen LogP contribution is -2.44. The van der Waals surface area contributed by atoms with E-state index in [0.717, 1.165) is 12.4 Å². The average Bonchev–Trinajstić information content (AvgIpc) is 2.72. The molecule has 6 heteroatoms. The highest BCUT2D eigenvalue weighted by atomic mass is 16.5. The van der Waals surface area contributed by atoms with E-state index in [2.05, 4.69) is 21.9 Å². The molecule has 0 bridgehead atoms. The van der Waals surface area contributed by atoms with Gasteiger partial charge in [0.1, 0.15) is 22.6 Å². The SMILES string of the molecule is C[C@@H]1COCCN1c1cc(O)c2c(cnn2C)n1. The second kappa shape index (κ2) is 4.13. The van der Waals surface area contributed by atoms with Crippen molar-refractivity contribution in [2.24, 2.45) is 7.05 Å². The van der Waals surface area contributed by atoms with Gasteiger partial charge in [-0.15, -0.1) is 0 Å². The van der Waals surface area contributed by atoms with Gasteiger partial charge in [0.25, 0.3) is 0 Å². The van der Waals surface area contributed by atoms with Crippen LogP contribution in [-0.4, -0.2) is 45.7 Å². The van der Waals surface area contributed by atoms with E-state index in [1.165, 1.54) is 0 Å². The molecule has 1 atom stereocenters. The average molecular weight is 248 g/mol. The minimum absolute atomic E-state index is 0.216. The Labute approximate surface area is 105 Å². The van der Waals surface area contributed by atoms with Crippen LogP contribution in [0.1, 0.15) is 6.92 Å². The summed E-state index contributed by atoms with van der Waals surface area (Å²) in [6, 6.07) is 1.96. The summed E-state index contributed by atoms with van der Waals surface area (Å²) in [5, 5.41) is 14.2. The van der Waals surface area contributed by atoms with E-state index < -0.39 is 0 Å². The van der Waals surface area contributed by atoms with Crippen LogP contribution in [0, 0.1) is 0 Å². The molecule has 0 aliphatic carbocycles. The zero-order chi connectivity index (χ0) is 12.7. The molecule has 0 radical (unpaired) electrons. The minimum Gasteiger partial charge on any atom is -0.505 e. The van der Waals surface area contributed by atoms with Crippen molar-refractivity contribution in [1.82, 2.24) is 14.8 Å². The molecular weight excluding hydrogens is 232 g/mol. The lowest BCUT2D eigenvalue weighted by molar-refractivity contribution is 0.0985. The molecular formula is C12H16N4O2. The zero-order valence-corrected chi connectivity index (χ0v) is 10.5. The lowest BCUT2D eigenvalue weighted by Gasteiger charge is -2.34. The standard InChI is InChI=1S/C12H16N4O2/c1-8-7-18-4-3-16(8)11-5-10(17)12-9(14-11)6-13-15(12)2/h5-6,8H,3-4,7H2,1-2H3,(H,14,17)/t8-/m1/s1. The predicted octanol–water partition coefficient (Wildman–Crippen LogP) is 0.899. The number of pyridine rings is 1. The molecule has 0 aromatic carbocycles. The summed E-state index contributed by atoms with van der Waals surface area (Å²) in [5.74, 6) is 0.998. The largest absolute Gasteiger partial charge is 0.505 e. The molecule has 0 saturated carbocycles. The Kier molecular flexibility index (Phi) is 2.59. The van der Waals surface area contributed by atoms with Crippen LogP contribution in [0.2, 0.25) is 0 Å². The van der Waals surface area contributed by atoms with Gasteiger partial charge in [0, 0.05) is 19.7 Å². The normalized spacial score (nSPS) is 20.6. The van der Waals surface area contributed by atoms with Crippen LogP contribution in [0.25, 0.3) is 11.0 Å². The lowest BCUT2D eigenvalue weighted by atomic mass is 10.2. The Balaban J connectivity index is 2.07. The number of anilines is 1. The molecule has 1 saturated heterocycles. The summed E-state index contributed by atoms with van der Waals surface area (Å²) in [4.78, 5) is 6.71. The third-order valence-electron chi connectivity index (χ3n) is 3.32. The number of aromatic hydroxyl groups is 1. The first-order valence-electron chi connectivity index (χ1n) is 6.03. The highest BCUT2D eigenvalue weighted by Crippen LogP contribution is 2.28. The van der Waals surface area contributed by atoms with Gasteiger partial charge in [-0.3, -0.25) is 4.68 Å². The number of nitrogens with zero attached hydrogens (tertiary/aromatic N) is 4. The van der Waals surface area contributed by atoms with Crippen LogP contribution < -0.4 is 4.90 Å². The summed E-state index contributed by atoms with van der Waals surface area (Å²) in [6.07, 6.45) is 1.67. The molecule has 1 aliphatic rings. The van der Waals surface area contributed by atoms with Crippen LogP contribution in [-0.2, 0) is 11.8 Å². The molecule has 0 unspecified atom stereocenters. The molecule has 96 valence electrons. The molecule has 1 N–H and O–H groups in total. The fourth-order valence-corrected chi connectivity index (χ4v) is 2.37. The van der Waals surface area contributed by atoms with E-state index in [1.807, 2.05) is 0 Å². The van der Waals surface area contributed by atoms with Gasteiger partial charge in [0.2, 0.25) is 0 Å². The molecule has 1 fully saturated rings. The van der Waals surface area contributed by atoms with Gasteiger partial charge in [0.05, 0.1) is 25.5 Å². The zero-order valence-electron chi connectivity index (χ0n) is 10.5. The molecule has 3 rings (SSSR count). The number of ether oxygens (including phenoxy) is 1. The minimum atomic E-state index is 0.216. The first kappa shape index (κ1) is 11.3. The topological polar surface area (TPSA) is 63.4 Å². The molecule has 18 heavy (non-hydrogen) atoms. The summed E-state index contributed by atoms with van der Waals surface area (Å²) >= 11 is 0. The Bertz CT molecular complexity index is 581. The summed E-state index contributed by atoms with van der Waals surface area (Å²) in [7, 11) is 1.79. The van der Waals surface area contributed by atoms with E-state index in [1.54, 1.807) is 24.0 Å². The number of fused-ring (bicyclic) bond motifs is 1. The first-order valence-corrected chi connectivity index (χ1v) is 6.03. The maximum atomic E-state index is 10.1. The number of aryl methyl sites for hydroxylation is 1. The number of rotatable bonds is 1. The number of hydrogen-bond donors (Lipinski definition) is 1. The number of morpholine rings is 1. The Hall–Kier alpha value is -1.82. The fourth-order valence-electron chi connectivity index (χ4n) is 2.37. The van der Waals surface area contributed by atoms with Crippen LogP contribution >= 0.6 is 0 Å². The molecule has 0 amide bonds. The van der Waals surface area contributed by atoms with Crippen molar-refractivity contribution in [1.29, 1.82) is 0 Å². The van der Waals surface area contributed by atoms with Crippen molar-refractivity contribution in [2.75, 3.05) is 24.7 Å². The van der Waals surface area contributed by atoms with Crippen molar-refractivity contribution in [3.63, 3.8) is 0 Å². The van der Waals surface area contributed by atoms with Crippen LogP contribution in [0.15, 0.2) is 12.3 Å². The van der Waals surface area contributed by atoms with Crippen molar-refractivity contribution < 1.29 is 9.84 Å². The maximum Gasteiger partial charge on any atom is 0.146 e. The summed E-state index contributed by atoms with van der Waals surface area (Å²) < 4.78 is 7.04. The highest BCUT2D eigenvalue weighted by Gasteiger charge is 2.22. The van der Waals surface area contributed by atoms with Gasteiger partial charge in [-0.05, 0) is 6.92 Å². The van der Waals surface area contributed by atoms with Gasteiger partial charge < -0.3 is 14.7 Å². The Morgan fingerprint density at radius 3 is 3.11 bits per heavy atom. The molecule has 3 heterocycles. The van der Waals surface area contributed by atoms with Crippen molar-refractivity contribution >= 4 is 16.9 Å². The van der Waals surface area contributed by atoms with Gasteiger partial charge in [-0.2, -0.15) is 5.10 Å². The van der Waals surface area contributed by atoms with E-state index in [0.29, 0.717) is 24.2 Å². The van der Waals surface area contributed by atoms with E-state index >= 15 is 0 Å². The van der Waals surface area contributed by atoms with Crippen LogP contribution in [0.3, 0.4) is 0 Å². The first-order chi connectivity index (χ1) is 8.66. The summed E-state index contributed by atoms with van der Waals surface area (Å²) in [6.45, 7) is 4.26. The molecule has 0 spiro atoms. The Morgan fingerprint density at radius 2 is 2.33 bits per heavy atom. The van der Waals surface area contributed by atoms with Crippen molar-refractivity contribution in [2.45, 2.75) is 13.0 Å². The maximum absolute atomic E-state index is 10.1. The van der Waals surface area contributed by atoms with Gasteiger partial charge >= 0.3 is 0 Å². The van der Waals surface area contributed by atoms with Gasteiger partial charge in [-0.25, -0.2) is 4.98 Å². The molecule has 6 nitrogen and oxygen atoms in total. The number of hydrogen-bond acceptors (Lipinski definition) is 5. The fraction of sp³-hybridized carbons (Fsp3) is 0.500. The number of aromatic nitrogens is 3. The quantitative estimate of drug-likeness (QED) is 0.812. The monoisotopic (exact) mass is 248 g/mol. The third kappa shape index (κ3) is 1.69. The van der Waals surface area contributed by atoms with Crippen LogP contribution in [0.5, 0.6) is 5.75 Å². The van der Waals surface area contributed by atoms with Gasteiger partial charge in [0.15, 0.2) is 0 Å². The van der Waals surface area contributed by atoms with Crippen molar-refractivity contribution in [3.8, 4) is 5.75 Å². The van der Waals surface area contributed by atoms with Gasteiger partial charge in [-0.1, -0.05) is 0 Å². The second-order valence-electron chi connectivity index (χ2n) is 4.62. The summed E-state index contributed by atoms with van der Waals surface area (Å²) in [5.41, 5.74) is 1.38. The molecule has 2 aromatic heterocycles. The predicted molar refractivity (Wildman–Crippen MR) is 67.8 cm³/mol. The van der Waals surface area contributed by atoms with Crippen LogP contribution in [0.4, 0.5) is 5.82 Å².